The van der Waals surface area contributed by atoms with Crippen LogP contribution >= 0.6 is 0 Å². The fraction of sp³-hybridized carbons (Fsp3) is 1.00. The molecule has 180 valence electrons. The van der Waals surface area contributed by atoms with Crippen LogP contribution in [0.25, 0.3) is 0 Å². The van der Waals surface area contributed by atoms with Crippen LogP contribution in [0.3, 0.4) is 0 Å². The minimum Gasteiger partial charge on any atom is -0.0654 e. The Bertz CT molecular complexity index is 275. The highest BCUT2D eigenvalue weighted by Gasteiger charge is 2.27. The first-order valence-corrected chi connectivity index (χ1v) is 14.8. The molecule has 0 aliphatic heterocycles. The van der Waals surface area contributed by atoms with Crippen LogP contribution < -0.4 is 0 Å². The fourth-order valence-corrected chi connectivity index (χ4v) is 6.05. The quantitative estimate of drug-likeness (QED) is 0.162. The second-order valence-electron chi connectivity index (χ2n) is 11.0. The van der Waals surface area contributed by atoms with E-state index in [0.29, 0.717) is 0 Å². The minimum atomic E-state index is 1.07. The van der Waals surface area contributed by atoms with E-state index in [9.17, 15) is 0 Å². The Morgan fingerprint density at radius 3 is 0.833 bits per heavy atom. The molecule has 1 saturated carbocycles. The van der Waals surface area contributed by atoms with Crippen molar-refractivity contribution in [3.8, 4) is 0 Å². The normalized spacial score (nSPS) is 21.9. The maximum Gasteiger partial charge on any atom is -0.0409 e. The molecule has 0 saturated heterocycles. The maximum atomic E-state index is 2.33. The van der Waals surface area contributed by atoms with Crippen LogP contribution in [0.2, 0.25) is 0 Å². The van der Waals surface area contributed by atoms with Crippen molar-refractivity contribution in [3.63, 3.8) is 0 Å². The first-order valence-electron chi connectivity index (χ1n) is 14.8. The Morgan fingerprint density at radius 1 is 0.333 bits per heavy atom. The largest absolute Gasteiger partial charge is 0.0654 e. The molecule has 0 heterocycles. The Hall–Kier alpha value is 0. The number of hydrogen-bond acceptors (Lipinski definition) is 0. The summed E-state index contributed by atoms with van der Waals surface area (Å²) in [7, 11) is 0. The van der Waals surface area contributed by atoms with Gasteiger partial charge < -0.3 is 0 Å². The summed E-state index contributed by atoms with van der Waals surface area (Å²) in [6, 6.07) is 0. The molecular weight excluding hydrogens is 360 g/mol. The molecule has 0 unspecified atom stereocenters. The summed E-state index contributed by atoms with van der Waals surface area (Å²) in [6.07, 6.45) is 35.8. The van der Waals surface area contributed by atoms with E-state index < -0.39 is 0 Å². The van der Waals surface area contributed by atoms with Crippen molar-refractivity contribution in [2.75, 3.05) is 0 Å². The smallest absolute Gasteiger partial charge is 0.0409 e. The molecule has 0 aromatic carbocycles. The standard InChI is InChI=1S/C30H60/c1-4-7-10-13-16-19-22-28-25-29(23-20-17-14-11-8-5-2)27-30(26-28)24-21-18-15-12-9-6-3/h28-30H,4-27H2,1-3H3. The van der Waals surface area contributed by atoms with Crippen molar-refractivity contribution in [1.82, 2.24) is 0 Å². The van der Waals surface area contributed by atoms with Gasteiger partial charge in [0.2, 0.25) is 0 Å². The van der Waals surface area contributed by atoms with Gasteiger partial charge in [-0.2, -0.15) is 0 Å². The molecule has 0 amide bonds. The van der Waals surface area contributed by atoms with E-state index in [1.54, 1.807) is 38.5 Å². The van der Waals surface area contributed by atoms with Crippen molar-refractivity contribution < 1.29 is 0 Å². The molecule has 1 aliphatic carbocycles. The van der Waals surface area contributed by atoms with Gasteiger partial charge in [-0.25, -0.2) is 0 Å². The van der Waals surface area contributed by atoms with E-state index in [4.69, 9.17) is 0 Å². The zero-order valence-electron chi connectivity index (χ0n) is 21.7. The van der Waals surface area contributed by atoms with Crippen LogP contribution in [-0.4, -0.2) is 0 Å². The van der Waals surface area contributed by atoms with E-state index in [0.717, 1.165) is 17.8 Å². The van der Waals surface area contributed by atoms with Crippen LogP contribution in [0.5, 0.6) is 0 Å². The second kappa shape index (κ2) is 20.9. The van der Waals surface area contributed by atoms with Gasteiger partial charge in [-0.3, -0.25) is 0 Å². The van der Waals surface area contributed by atoms with Gasteiger partial charge in [-0.1, -0.05) is 156 Å². The van der Waals surface area contributed by atoms with E-state index >= 15 is 0 Å². The van der Waals surface area contributed by atoms with Gasteiger partial charge in [0.15, 0.2) is 0 Å². The van der Waals surface area contributed by atoms with E-state index in [1.165, 1.54) is 116 Å². The average Bonchev–Trinajstić information content (AvgIpc) is 2.75. The average molecular weight is 421 g/mol. The molecule has 0 spiro atoms. The molecule has 0 aromatic heterocycles. The first kappa shape index (κ1) is 28.0. The van der Waals surface area contributed by atoms with Crippen LogP contribution in [-0.2, 0) is 0 Å². The highest BCUT2D eigenvalue weighted by molar-refractivity contribution is 4.79. The van der Waals surface area contributed by atoms with Crippen LogP contribution in [0, 0.1) is 17.8 Å². The summed E-state index contributed by atoms with van der Waals surface area (Å²) in [5.41, 5.74) is 0. The van der Waals surface area contributed by atoms with Gasteiger partial charge in [0.05, 0.1) is 0 Å². The van der Waals surface area contributed by atoms with Gasteiger partial charge >= 0.3 is 0 Å². The second-order valence-corrected chi connectivity index (χ2v) is 11.0. The lowest BCUT2D eigenvalue weighted by Gasteiger charge is -2.35. The lowest BCUT2D eigenvalue weighted by atomic mass is 9.70. The van der Waals surface area contributed by atoms with Gasteiger partial charge in [0, 0.05) is 0 Å². The highest BCUT2D eigenvalue weighted by atomic mass is 14.3. The molecule has 0 bridgehead atoms. The van der Waals surface area contributed by atoms with E-state index in [1.807, 2.05) is 0 Å². The summed E-state index contributed by atoms with van der Waals surface area (Å²) in [6.45, 7) is 6.99. The van der Waals surface area contributed by atoms with E-state index in [2.05, 4.69) is 20.8 Å². The van der Waals surface area contributed by atoms with E-state index in [-0.39, 0.29) is 0 Å². The van der Waals surface area contributed by atoms with Gasteiger partial charge in [-0.15, -0.1) is 0 Å². The summed E-state index contributed by atoms with van der Waals surface area (Å²) in [5, 5.41) is 0. The SMILES string of the molecule is CCCCCCCCC1CC(CCCCCCCC)CC(CCCCCCCC)C1. The Balaban J connectivity index is 2.29. The number of hydrogen-bond donors (Lipinski definition) is 0. The third kappa shape index (κ3) is 15.8. The number of unbranched alkanes of at least 4 members (excludes halogenated alkanes) is 15. The van der Waals surface area contributed by atoms with Crippen molar-refractivity contribution in [2.45, 2.75) is 175 Å². The molecule has 1 aliphatic rings. The van der Waals surface area contributed by atoms with Gasteiger partial charge in [-0.05, 0) is 37.0 Å². The van der Waals surface area contributed by atoms with Crippen molar-refractivity contribution in [2.24, 2.45) is 17.8 Å². The van der Waals surface area contributed by atoms with Crippen LogP contribution in [0.1, 0.15) is 175 Å². The lowest BCUT2D eigenvalue weighted by Crippen LogP contribution is -2.23. The molecule has 0 nitrogen and oxygen atoms in total. The molecule has 1 rings (SSSR count). The monoisotopic (exact) mass is 420 g/mol. The molecule has 0 radical (unpaired) electrons. The lowest BCUT2D eigenvalue weighted by molar-refractivity contribution is 0.163. The minimum absolute atomic E-state index is 1.07. The zero-order chi connectivity index (χ0) is 21.7. The Morgan fingerprint density at radius 2 is 0.567 bits per heavy atom. The van der Waals surface area contributed by atoms with Crippen molar-refractivity contribution >= 4 is 0 Å². The molecule has 1 fully saturated rings. The summed E-state index contributed by atoms with van der Waals surface area (Å²) in [4.78, 5) is 0. The van der Waals surface area contributed by atoms with Gasteiger partial charge in [0.1, 0.15) is 0 Å². The van der Waals surface area contributed by atoms with Gasteiger partial charge in [0.25, 0.3) is 0 Å². The summed E-state index contributed by atoms with van der Waals surface area (Å²) in [5.74, 6) is 3.21. The maximum absolute atomic E-state index is 2.33. The molecule has 0 aromatic rings. The van der Waals surface area contributed by atoms with Crippen molar-refractivity contribution in [1.29, 1.82) is 0 Å². The third-order valence-electron chi connectivity index (χ3n) is 7.90. The molecule has 0 N–H and O–H groups in total. The molecule has 0 heteroatoms. The molecule has 0 atom stereocenters. The van der Waals surface area contributed by atoms with Crippen LogP contribution in [0.4, 0.5) is 0 Å². The van der Waals surface area contributed by atoms with Crippen molar-refractivity contribution in [3.05, 3.63) is 0 Å². The topological polar surface area (TPSA) is 0 Å². The predicted octanol–water partition coefficient (Wildman–Crippen LogP) is 11.3. The summed E-state index contributed by atoms with van der Waals surface area (Å²) >= 11 is 0. The zero-order valence-corrected chi connectivity index (χ0v) is 21.7. The summed E-state index contributed by atoms with van der Waals surface area (Å²) < 4.78 is 0. The first-order chi connectivity index (χ1) is 14.8. The molecule has 30 heavy (non-hydrogen) atoms. The Kier molecular flexibility index (Phi) is 19.5. The highest BCUT2D eigenvalue weighted by Crippen LogP contribution is 2.40. The fourth-order valence-electron chi connectivity index (χ4n) is 6.05. The predicted molar refractivity (Wildman–Crippen MR) is 138 cm³/mol. The number of rotatable bonds is 21. The Labute approximate surface area is 192 Å². The molecular formula is C30H60. The van der Waals surface area contributed by atoms with Crippen LogP contribution in [0.15, 0.2) is 0 Å². The third-order valence-corrected chi connectivity index (χ3v) is 7.90.